The van der Waals surface area contributed by atoms with Gasteiger partial charge in [-0.1, -0.05) is 11.2 Å². The van der Waals surface area contributed by atoms with E-state index in [1.807, 2.05) is 0 Å². The highest BCUT2D eigenvalue weighted by Gasteiger charge is 2.28. The molecule has 2 aliphatic rings. The molecular weight excluding hydrogens is 441 g/mol. The number of ether oxygens (including phenoxy) is 3. The van der Waals surface area contributed by atoms with Crippen molar-refractivity contribution in [3.05, 3.63) is 48.3 Å². The average molecular weight is 476 g/mol. The highest BCUT2D eigenvalue weighted by atomic mass is 19.1. The first-order valence-corrected chi connectivity index (χ1v) is 11.9. The van der Waals surface area contributed by atoms with E-state index in [1.165, 1.54) is 12.1 Å². The van der Waals surface area contributed by atoms with E-state index in [1.54, 1.807) is 18.2 Å². The minimum atomic E-state index is -0.665. The first-order chi connectivity index (χ1) is 16.6. The largest absolute Gasteiger partial charge is 0.389 e. The topological polar surface area (TPSA) is 80.4 Å². The van der Waals surface area contributed by atoms with Gasteiger partial charge in [-0.2, -0.15) is 0 Å². The Labute approximate surface area is 199 Å². The molecule has 0 radical (unpaired) electrons. The number of halogens is 1. The molecule has 1 N–H and O–H groups in total. The maximum atomic E-state index is 13.6. The predicted molar refractivity (Wildman–Crippen MR) is 126 cm³/mol. The third kappa shape index (κ3) is 6.64. The number of rotatable bonds is 12. The van der Waals surface area contributed by atoms with Crippen molar-refractivity contribution in [2.24, 2.45) is 0 Å². The molecule has 2 aromatic rings. The number of aliphatic hydroxyl groups is 1. The van der Waals surface area contributed by atoms with Crippen LogP contribution in [0.3, 0.4) is 0 Å². The molecule has 0 amide bonds. The van der Waals surface area contributed by atoms with Gasteiger partial charge in [0, 0.05) is 44.9 Å². The summed E-state index contributed by atoms with van der Waals surface area (Å²) in [6.45, 7) is 9.25. The van der Waals surface area contributed by atoms with Crippen LogP contribution in [0.2, 0.25) is 0 Å². The monoisotopic (exact) mass is 475 g/mol. The van der Waals surface area contributed by atoms with Crippen molar-refractivity contribution in [3.8, 4) is 11.3 Å². The second-order valence-corrected chi connectivity index (χ2v) is 8.73. The van der Waals surface area contributed by atoms with Crippen molar-refractivity contribution in [1.82, 2.24) is 10.1 Å². The van der Waals surface area contributed by atoms with Crippen LogP contribution < -0.4 is 4.90 Å². The SMILES string of the molecule is C=CCOC[C@H](O)CN(Cc1c(-c2ccc(F)cc2)noc1N1CCOCC1)C[C@@H]1CCCO1. The van der Waals surface area contributed by atoms with E-state index < -0.39 is 6.10 Å². The Kier molecular flexibility index (Phi) is 9.06. The van der Waals surface area contributed by atoms with Crippen LogP contribution in [0.15, 0.2) is 41.4 Å². The summed E-state index contributed by atoms with van der Waals surface area (Å²) in [6, 6.07) is 6.27. The number of benzene rings is 1. The van der Waals surface area contributed by atoms with Gasteiger partial charge in [0.25, 0.3) is 0 Å². The summed E-state index contributed by atoms with van der Waals surface area (Å²) in [5, 5.41) is 15.0. The van der Waals surface area contributed by atoms with Crippen molar-refractivity contribution >= 4 is 5.88 Å². The third-order valence-electron chi connectivity index (χ3n) is 6.07. The van der Waals surface area contributed by atoms with Gasteiger partial charge in [0.1, 0.15) is 11.5 Å². The van der Waals surface area contributed by atoms with E-state index in [9.17, 15) is 9.50 Å². The number of hydrogen-bond donors (Lipinski definition) is 1. The van der Waals surface area contributed by atoms with Crippen LogP contribution in [0, 0.1) is 5.82 Å². The summed E-state index contributed by atoms with van der Waals surface area (Å²) in [7, 11) is 0. The zero-order valence-electron chi connectivity index (χ0n) is 19.5. The summed E-state index contributed by atoms with van der Waals surface area (Å²) in [5.74, 6) is 0.391. The quantitative estimate of drug-likeness (QED) is 0.371. The lowest BCUT2D eigenvalue weighted by molar-refractivity contribution is 0.00857. The lowest BCUT2D eigenvalue weighted by Crippen LogP contribution is -2.40. The van der Waals surface area contributed by atoms with Gasteiger partial charge in [-0.05, 0) is 37.1 Å². The highest BCUT2D eigenvalue weighted by Crippen LogP contribution is 2.33. The maximum absolute atomic E-state index is 13.6. The molecule has 1 aromatic heterocycles. The van der Waals surface area contributed by atoms with Gasteiger partial charge >= 0.3 is 0 Å². The number of morpholine rings is 1. The Morgan fingerprint density at radius 2 is 2.06 bits per heavy atom. The molecule has 8 nitrogen and oxygen atoms in total. The maximum Gasteiger partial charge on any atom is 0.232 e. The van der Waals surface area contributed by atoms with Crippen molar-refractivity contribution < 1.29 is 28.2 Å². The Balaban J connectivity index is 1.59. The van der Waals surface area contributed by atoms with Gasteiger partial charge < -0.3 is 28.7 Å². The van der Waals surface area contributed by atoms with E-state index in [2.05, 4.69) is 21.5 Å². The van der Waals surface area contributed by atoms with Gasteiger partial charge in [-0.3, -0.25) is 4.90 Å². The summed E-state index contributed by atoms with van der Waals surface area (Å²) in [4.78, 5) is 4.30. The fourth-order valence-corrected chi connectivity index (χ4v) is 4.43. The predicted octanol–water partition coefficient (Wildman–Crippen LogP) is 2.86. The summed E-state index contributed by atoms with van der Waals surface area (Å²) in [5.41, 5.74) is 2.37. The van der Waals surface area contributed by atoms with Gasteiger partial charge in [-0.15, -0.1) is 6.58 Å². The van der Waals surface area contributed by atoms with Gasteiger partial charge in [0.2, 0.25) is 5.88 Å². The smallest absolute Gasteiger partial charge is 0.232 e. The molecule has 186 valence electrons. The normalized spacial score (nSPS) is 19.6. The second-order valence-electron chi connectivity index (χ2n) is 8.73. The number of aromatic nitrogens is 1. The Bertz CT molecular complexity index is 894. The molecule has 9 heteroatoms. The number of aliphatic hydroxyl groups excluding tert-OH is 1. The van der Waals surface area contributed by atoms with Crippen molar-refractivity contribution in [3.63, 3.8) is 0 Å². The van der Waals surface area contributed by atoms with Crippen molar-refractivity contribution in [2.45, 2.75) is 31.6 Å². The zero-order valence-corrected chi connectivity index (χ0v) is 19.5. The molecule has 34 heavy (non-hydrogen) atoms. The van der Waals surface area contributed by atoms with Gasteiger partial charge in [0.15, 0.2) is 0 Å². The van der Waals surface area contributed by atoms with E-state index in [0.29, 0.717) is 64.1 Å². The summed E-state index contributed by atoms with van der Waals surface area (Å²) < 4.78 is 36.3. The van der Waals surface area contributed by atoms with E-state index in [0.717, 1.165) is 30.6 Å². The standard InChI is InChI=1S/C25H34FN3O5/c1-2-11-32-18-21(30)15-28(16-22-4-3-12-33-22)17-23-24(19-5-7-20(26)8-6-19)27-34-25(23)29-9-13-31-14-10-29/h2,5-8,21-22,30H,1,3-4,9-18H2/t21-,22+/m1/s1. The molecule has 2 saturated heterocycles. The Morgan fingerprint density at radius 3 is 2.76 bits per heavy atom. The Morgan fingerprint density at radius 1 is 1.26 bits per heavy atom. The van der Waals surface area contributed by atoms with Crippen LogP contribution in [0.1, 0.15) is 18.4 Å². The van der Waals surface area contributed by atoms with Crippen LogP contribution in [0.5, 0.6) is 0 Å². The number of anilines is 1. The fraction of sp³-hybridized carbons (Fsp3) is 0.560. The van der Waals surface area contributed by atoms with Crippen LogP contribution in [-0.2, 0) is 20.8 Å². The average Bonchev–Trinajstić information content (AvgIpc) is 3.50. The third-order valence-corrected chi connectivity index (χ3v) is 6.07. The van der Waals surface area contributed by atoms with Crippen LogP contribution in [-0.4, -0.2) is 86.6 Å². The molecule has 1 aromatic carbocycles. The minimum Gasteiger partial charge on any atom is -0.389 e. The van der Waals surface area contributed by atoms with Gasteiger partial charge in [0.05, 0.1) is 44.2 Å². The van der Waals surface area contributed by atoms with Crippen molar-refractivity contribution in [2.75, 3.05) is 64.1 Å². The molecule has 0 spiro atoms. The van der Waals surface area contributed by atoms with Crippen molar-refractivity contribution in [1.29, 1.82) is 0 Å². The van der Waals surface area contributed by atoms with Gasteiger partial charge in [-0.25, -0.2) is 4.39 Å². The van der Waals surface area contributed by atoms with Crippen LogP contribution in [0.25, 0.3) is 11.3 Å². The molecule has 0 saturated carbocycles. The number of nitrogens with zero attached hydrogens (tertiary/aromatic N) is 3. The molecular formula is C25H34FN3O5. The molecule has 3 heterocycles. The number of hydrogen-bond acceptors (Lipinski definition) is 8. The molecule has 2 aliphatic heterocycles. The lowest BCUT2D eigenvalue weighted by atomic mass is 10.1. The van der Waals surface area contributed by atoms with Crippen LogP contribution >= 0.6 is 0 Å². The molecule has 0 bridgehead atoms. The molecule has 0 aliphatic carbocycles. The molecule has 2 fully saturated rings. The second kappa shape index (κ2) is 12.4. The molecule has 0 unspecified atom stereocenters. The van der Waals surface area contributed by atoms with E-state index >= 15 is 0 Å². The summed E-state index contributed by atoms with van der Waals surface area (Å²) in [6.07, 6.45) is 3.14. The van der Waals surface area contributed by atoms with E-state index in [-0.39, 0.29) is 18.5 Å². The molecule has 2 atom stereocenters. The highest BCUT2D eigenvalue weighted by molar-refractivity contribution is 5.68. The summed E-state index contributed by atoms with van der Waals surface area (Å²) >= 11 is 0. The molecule has 4 rings (SSSR count). The minimum absolute atomic E-state index is 0.113. The lowest BCUT2D eigenvalue weighted by Gasteiger charge is -2.30. The zero-order chi connectivity index (χ0) is 23.8. The fourth-order valence-electron chi connectivity index (χ4n) is 4.43. The van der Waals surface area contributed by atoms with E-state index in [4.69, 9.17) is 18.7 Å². The first kappa shape index (κ1) is 24.8. The first-order valence-electron chi connectivity index (χ1n) is 11.9. The Hall–Kier alpha value is -2.30. The van der Waals surface area contributed by atoms with Crippen LogP contribution in [0.4, 0.5) is 10.3 Å².